The summed E-state index contributed by atoms with van der Waals surface area (Å²) >= 11 is 1.44. The van der Waals surface area contributed by atoms with E-state index in [1.807, 2.05) is 65.6 Å². The lowest BCUT2D eigenvalue weighted by Crippen LogP contribution is -2.51. The second-order valence-corrected chi connectivity index (χ2v) is 9.96. The minimum atomic E-state index is -0.792. The molecule has 0 bridgehead atoms. The quantitative estimate of drug-likeness (QED) is 0.311. The molecule has 4 aromatic rings. The number of urea groups is 1. The van der Waals surface area contributed by atoms with Gasteiger partial charge in [0.2, 0.25) is 0 Å². The zero-order valence-corrected chi connectivity index (χ0v) is 20.0. The number of aliphatic carboxylic acids is 1. The van der Waals surface area contributed by atoms with Gasteiger partial charge in [0.15, 0.2) is 5.13 Å². The van der Waals surface area contributed by atoms with Crippen molar-refractivity contribution in [2.24, 2.45) is 5.92 Å². The van der Waals surface area contributed by atoms with Crippen LogP contribution in [0.1, 0.15) is 36.3 Å². The first-order chi connectivity index (χ1) is 17.1. The van der Waals surface area contributed by atoms with E-state index in [1.54, 1.807) is 0 Å². The van der Waals surface area contributed by atoms with Gasteiger partial charge in [0.25, 0.3) is 0 Å². The number of para-hydroxylation sites is 1. The predicted molar refractivity (Wildman–Crippen MR) is 139 cm³/mol. The number of benzene rings is 3. The topological polar surface area (TPSA) is 82.5 Å². The molecular weight excluding hydrogens is 458 g/mol. The van der Waals surface area contributed by atoms with Crippen LogP contribution in [0.25, 0.3) is 10.2 Å². The van der Waals surface area contributed by atoms with Crippen molar-refractivity contribution in [2.45, 2.75) is 31.2 Å². The van der Waals surface area contributed by atoms with Gasteiger partial charge in [-0.05, 0) is 42.5 Å². The van der Waals surface area contributed by atoms with Crippen LogP contribution in [0.5, 0.6) is 0 Å². The molecule has 2 N–H and O–H groups in total. The van der Waals surface area contributed by atoms with Crippen LogP contribution in [0.4, 0.5) is 9.93 Å². The number of amides is 2. The lowest BCUT2D eigenvalue weighted by atomic mass is 9.79. The molecule has 0 atom stereocenters. The van der Waals surface area contributed by atoms with Crippen LogP contribution >= 0.6 is 11.3 Å². The molecule has 0 spiro atoms. The second-order valence-electron chi connectivity index (χ2n) is 8.93. The molecule has 1 saturated carbocycles. The SMILES string of the molecule is O=C(O)C1CC(N(CCC(c2ccccc2)c2ccccc2)C(=O)Nc2nc3ccccc3s2)C1. The van der Waals surface area contributed by atoms with Crippen molar-refractivity contribution >= 4 is 38.7 Å². The van der Waals surface area contributed by atoms with Crippen LogP contribution in [-0.2, 0) is 4.79 Å². The summed E-state index contributed by atoms with van der Waals surface area (Å²) in [5, 5.41) is 12.9. The summed E-state index contributed by atoms with van der Waals surface area (Å²) in [6.07, 6.45) is 1.68. The van der Waals surface area contributed by atoms with Crippen LogP contribution < -0.4 is 5.32 Å². The van der Waals surface area contributed by atoms with E-state index in [4.69, 9.17) is 0 Å². The first-order valence-corrected chi connectivity index (χ1v) is 12.7. The van der Waals surface area contributed by atoms with Crippen molar-refractivity contribution in [2.75, 3.05) is 11.9 Å². The highest BCUT2D eigenvalue weighted by molar-refractivity contribution is 7.22. The fourth-order valence-corrected chi connectivity index (χ4v) is 5.60. The maximum atomic E-state index is 13.4. The third kappa shape index (κ3) is 5.20. The number of thiazole rings is 1. The highest BCUT2D eigenvalue weighted by atomic mass is 32.1. The van der Waals surface area contributed by atoms with Crippen LogP contribution in [0.2, 0.25) is 0 Å². The number of carboxylic acids is 1. The van der Waals surface area contributed by atoms with Gasteiger partial charge in [-0.25, -0.2) is 9.78 Å². The van der Waals surface area contributed by atoms with Crippen molar-refractivity contribution in [3.63, 3.8) is 0 Å². The number of carbonyl (C=O) groups is 2. The number of aromatic nitrogens is 1. The Morgan fingerprint density at radius 1 is 0.943 bits per heavy atom. The normalized spacial score (nSPS) is 17.2. The Morgan fingerprint density at radius 3 is 2.14 bits per heavy atom. The van der Waals surface area contributed by atoms with Crippen molar-refractivity contribution in [3.8, 4) is 0 Å². The first kappa shape index (κ1) is 23.1. The van der Waals surface area contributed by atoms with E-state index in [-0.39, 0.29) is 18.0 Å². The highest BCUT2D eigenvalue weighted by Gasteiger charge is 2.40. The van der Waals surface area contributed by atoms with Crippen LogP contribution in [0, 0.1) is 5.92 Å². The molecule has 7 heteroatoms. The zero-order chi connectivity index (χ0) is 24.2. The number of anilines is 1. The fourth-order valence-electron chi connectivity index (χ4n) is 4.75. The highest BCUT2D eigenvalue weighted by Crippen LogP contribution is 2.35. The largest absolute Gasteiger partial charge is 0.481 e. The third-order valence-corrected chi connectivity index (χ3v) is 7.69. The second kappa shape index (κ2) is 10.3. The average molecular weight is 486 g/mol. The van der Waals surface area contributed by atoms with E-state index in [9.17, 15) is 14.7 Å². The molecule has 0 radical (unpaired) electrons. The summed E-state index contributed by atoms with van der Waals surface area (Å²) in [7, 11) is 0. The van der Waals surface area contributed by atoms with Crippen molar-refractivity contribution in [1.82, 2.24) is 9.88 Å². The molecule has 178 valence electrons. The predicted octanol–water partition coefficient (Wildman–Crippen LogP) is 6.22. The molecule has 5 rings (SSSR count). The number of nitrogens with one attached hydrogen (secondary N) is 1. The van der Waals surface area contributed by atoms with Gasteiger partial charge in [0, 0.05) is 18.5 Å². The Labute approximate surface area is 208 Å². The van der Waals surface area contributed by atoms with E-state index in [0.717, 1.165) is 16.6 Å². The Bertz CT molecular complexity index is 1230. The molecule has 6 nitrogen and oxygen atoms in total. The number of carboxylic acid groups (broad SMARTS) is 1. The minimum Gasteiger partial charge on any atom is -0.481 e. The molecule has 1 heterocycles. The van der Waals surface area contributed by atoms with E-state index in [2.05, 4.69) is 34.6 Å². The number of carbonyl (C=O) groups excluding carboxylic acids is 1. The summed E-state index contributed by atoms with van der Waals surface area (Å²) in [4.78, 5) is 31.2. The average Bonchev–Trinajstić information content (AvgIpc) is 3.25. The van der Waals surface area contributed by atoms with Crippen LogP contribution in [0.15, 0.2) is 84.9 Å². The smallest absolute Gasteiger partial charge is 0.323 e. The molecule has 1 fully saturated rings. The Kier molecular flexibility index (Phi) is 6.77. The zero-order valence-electron chi connectivity index (χ0n) is 19.2. The molecule has 2 amide bonds. The van der Waals surface area contributed by atoms with Gasteiger partial charge in [-0.15, -0.1) is 0 Å². The van der Waals surface area contributed by atoms with Gasteiger partial charge in [-0.1, -0.05) is 84.1 Å². The van der Waals surface area contributed by atoms with E-state index in [1.165, 1.54) is 22.5 Å². The molecule has 1 aromatic heterocycles. The molecule has 0 unspecified atom stereocenters. The number of fused-ring (bicyclic) bond motifs is 1. The van der Waals surface area contributed by atoms with E-state index < -0.39 is 11.9 Å². The molecule has 35 heavy (non-hydrogen) atoms. The van der Waals surface area contributed by atoms with Gasteiger partial charge in [0.05, 0.1) is 16.1 Å². The Morgan fingerprint density at radius 2 is 1.54 bits per heavy atom. The van der Waals surface area contributed by atoms with Crippen LogP contribution in [0.3, 0.4) is 0 Å². The monoisotopic (exact) mass is 485 g/mol. The Hall–Kier alpha value is -3.71. The number of nitrogens with zero attached hydrogens (tertiary/aromatic N) is 2. The molecular formula is C28H27N3O3S. The summed E-state index contributed by atoms with van der Waals surface area (Å²) in [5.41, 5.74) is 3.24. The molecule has 0 saturated heterocycles. The summed E-state index contributed by atoms with van der Waals surface area (Å²) in [6, 6.07) is 28.1. The maximum absolute atomic E-state index is 13.4. The minimum absolute atomic E-state index is 0.0994. The first-order valence-electron chi connectivity index (χ1n) is 11.8. The Balaban J connectivity index is 1.36. The summed E-state index contributed by atoms with van der Waals surface area (Å²) < 4.78 is 1.01. The van der Waals surface area contributed by atoms with E-state index in [0.29, 0.717) is 24.5 Å². The lowest BCUT2D eigenvalue weighted by Gasteiger charge is -2.41. The molecule has 1 aliphatic rings. The fraction of sp³-hybridized carbons (Fsp3) is 0.250. The lowest BCUT2D eigenvalue weighted by molar-refractivity contribution is -0.146. The molecule has 3 aromatic carbocycles. The van der Waals surface area contributed by atoms with Gasteiger partial charge in [0.1, 0.15) is 0 Å². The van der Waals surface area contributed by atoms with Crippen molar-refractivity contribution in [3.05, 3.63) is 96.1 Å². The van der Waals surface area contributed by atoms with Gasteiger partial charge >= 0.3 is 12.0 Å². The van der Waals surface area contributed by atoms with Crippen molar-refractivity contribution in [1.29, 1.82) is 0 Å². The summed E-state index contributed by atoms with van der Waals surface area (Å²) in [6.45, 7) is 0.516. The van der Waals surface area contributed by atoms with E-state index >= 15 is 0 Å². The number of hydrogen-bond donors (Lipinski definition) is 2. The van der Waals surface area contributed by atoms with Gasteiger partial charge in [-0.3, -0.25) is 10.1 Å². The third-order valence-electron chi connectivity index (χ3n) is 6.73. The maximum Gasteiger partial charge on any atom is 0.323 e. The number of rotatable bonds is 8. The van der Waals surface area contributed by atoms with Gasteiger partial charge < -0.3 is 10.0 Å². The standard InChI is InChI=1S/C28H27N3O3S/c32-26(33)21-17-22(18-21)31(28(34)30-27-29-24-13-7-8-14-25(24)35-27)16-15-23(19-9-3-1-4-10-19)20-11-5-2-6-12-20/h1-14,21-23H,15-18H2,(H,32,33)(H,29,30,34). The van der Waals surface area contributed by atoms with Crippen molar-refractivity contribution < 1.29 is 14.7 Å². The molecule has 1 aliphatic carbocycles. The van der Waals surface area contributed by atoms with Gasteiger partial charge in [-0.2, -0.15) is 0 Å². The number of hydrogen-bond acceptors (Lipinski definition) is 4. The molecule has 0 aliphatic heterocycles. The summed E-state index contributed by atoms with van der Waals surface area (Å²) in [5.74, 6) is -1.05. The van der Waals surface area contributed by atoms with Crippen LogP contribution in [-0.4, -0.2) is 39.6 Å².